The van der Waals surface area contributed by atoms with Crippen LogP contribution in [0.4, 0.5) is 5.69 Å². The second kappa shape index (κ2) is 6.68. The highest BCUT2D eigenvalue weighted by Gasteiger charge is 2.20. The van der Waals surface area contributed by atoms with E-state index >= 15 is 0 Å². The van der Waals surface area contributed by atoms with E-state index < -0.39 is 5.97 Å². The molecule has 2 rings (SSSR count). The molecule has 0 aromatic carbocycles. The molecule has 0 spiro atoms. The first kappa shape index (κ1) is 15.5. The van der Waals surface area contributed by atoms with E-state index in [0.29, 0.717) is 36.7 Å². The molecule has 0 bridgehead atoms. The number of aryl methyl sites for hydroxylation is 1. The Morgan fingerprint density at radius 3 is 2.90 bits per heavy atom. The largest absolute Gasteiger partial charge is 0.480 e. The molecule has 116 valence electrons. The molecule has 1 unspecified atom stereocenters. The van der Waals surface area contributed by atoms with Crippen LogP contribution in [0.2, 0.25) is 0 Å². The lowest BCUT2D eigenvalue weighted by molar-refractivity contribution is -0.137. The summed E-state index contributed by atoms with van der Waals surface area (Å²) >= 11 is 0. The number of carbonyl (C=O) groups is 2. The molecular weight excluding hydrogens is 276 g/mol. The van der Waals surface area contributed by atoms with Crippen molar-refractivity contribution < 1.29 is 19.4 Å². The normalized spacial score (nSPS) is 18.5. The van der Waals surface area contributed by atoms with Gasteiger partial charge in [0.15, 0.2) is 0 Å². The predicted molar refractivity (Wildman–Crippen MR) is 75.2 cm³/mol. The van der Waals surface area contributed by atoms with Crippen LogP contribution in [-0.2, 0) is 20.9 Å². The average molecular weight is 296 g/mol. The molecule has 2 heterocycles. The molecule has 0 radical (unpaired) electrons. The number of nitrogens with one attached hydrogen (secondary N) is 2. The zero-order valence-electron chi connectivity index (χ0n) is 12.2. The van der Waals surface area contributed by atoms with Crippen molar-refractivity contribution in [2.24, 2.45) is 0 Å². The number of carbonyl (C=O) groups excluding carboxylic acids is 1. The van der Waals surface area contributed by atoms with Gasteiger partial charge in [0, 0.05) is 19.0 Å². The molecule has 8 nitrogen and oxygen atoms in total. The van der Waals surface area contributed by atoms with E-state index in [2.05, 4.69) is 15.7 Å². The van der Waals surface area contributed by atoms with Gasteiger partial charge in [0.25, 0.3) is 0 Å². The molecule has 1 fully saturated rings. The Morgan fingerprint density at radius 2 is 2.29 bits per heavy atom. The standard InChI is InChI=1S/C13H20N4O4/c1-8-13(9(2)17(16-8)6-12(19)20)15-11(18)5-10-7-21-4-3-14-10/h10,14H,3-7H2,1-2H3,(H,15,18)(H,19,20). The molecule has 1 saturated heterocycles. The van der Waals surface area contributed by atoms with Crippen LogP contribution in [0.5, 0.6) is 0 Å². The van der Waals surface area contributed by atoms with Crippen LogP contribution in [-0.4, -0.2) is 52.6 Å². The molecule has 1 aromatic rings. The van der Waals surface area contributed by atoms with Gasteiger partial charge in [0.1, 0.15) is 6.54 Å². The van der Waals surface area contributed by atoms with Crippen LogP contribution in [0.15, 0.2) is 0 Å². The first-order valence-corrected chi connectivity index (χ1v) is 6.84. The van der Waals surface area contributed by atoms with Gasteiger partial charge < -0.3 is 20.5 Å². The van der Waals surface area contributed by atoms with E-state index in [1.807, 2.05) is 0 Å². The molecule has 3 N–H and O–H groups in total. The fourth-order valence-corrected chi connectivity index (χ4v) is 2.32. The van der Waals surface area contributed by atoms with Crippen molar-refractivity contribution in [3.8, 4) is 0 Å². The minimum absolute atomic E-state index is 0.00780. The van der Waals surface area contributed by atoms with Gasteiger partial charge in [-0.05, 0) is 13.8 Å². The topological polar surface area (TPSA) is 105 Å². The number of nitrogens with zero attached hydrogens (tertiary/aromatic N) is 2. The second-order valence-corrected chi connectivity index (χ2v) is 5.08. The Morgan fingerprint density at radius 1 is 1.52 bits per heavy atom. The molecular formula is C13H20N4O4. The lowest BCUT2D eigenvalue weighted by Crippen LogP contribution is -2.43. The van der Waals surface area contributed by atoms with E-state index in [-0.39, 0.29) is 18.5 Å². The number of hydrogen-bond acceptors (Lipinski definition) is 5. The summed E-state index contributed by atoms with van der Waals surface area (Å²) in [5, 5.41) is 19.0. The maximum atomic E-state index is 12.1. The summed E-state index contributed by atoms with van der Waals surface area (Å²) in [5.74, 6) is -1.11. The van der Waals surface area contributed by atoms with E-state index in [1.54, 1.807) is 13.8 Å². The van der Waals surface area contributed by atoms with Gasteiger partial charge in [-0.2, -0.15) is 5.10 Å². The van der Waals surface area contributed by atoms with Crippen molar-refractivity contribution in [2.45, 2.75) is 32.9 Å². The third-order valence-electron chi connectivity index (χ3n) is 3.36. The average Bonchev–Trinajstić information content (AvgIpc) is 2.67. The first-order chi connectivity index (χ1) is 9.97. The lowest BCUT2D eigenvalue weighted by Gasteiger charge is -2.23. The zero-order valence-corrected chi connectivity index (χ0v) is 12.2. The van der Waals surface area contributed by atoms with Crippen LogP contribution < -0.4 is 10.6 Å². The molecule has 0 saturated carbocycles. The monoisotopic (exact) mass is 296 g/mol. The van der Waals surface area contributed by atoms with Crippen molar-refractivity contribution >= 4 is 17.6 Å². The van der Waals surface area contributed by atoms with Crippen molar-refractivity contribution in [1.29, 1.82) is 0 Å². The molecule has 1 atom stereocenters. The highest BCUT2D eigenvalue weighted by atomic mass is 16.5. The van der Waals surface area contributed by atoms with E-state index in [4.69, 9.17) is 9.84 Å². The molecule has 0 aliphatic carbocycles. The molecule has 8 heteroatoms. The summed E-state index contributed by atoms with van der Waals surface area (Å²) in [4.78, 5) is 22.8. The smallest absolute Gasteiger partial charge is 0.325 e. The number of ether oxygens (including phenoxy) is 1. The van der Waals surface area contributed by atoms with Crippen LogP contribution in [0, 0.1) is 13.8 Å². The van der Waals surface area contributed by atoms with E-state index in [1.165, 1.54) is 4.68 Å². The quantitative estimate of drug-likeness (QED) is 0.701. The third-order valence-corrected chi connectivity index (χ3v) is 3.36. The Bertz CT molecular complexity index is 535. The zero-order chi connectivity index (χ0) is 15.4. The van der Waals surface area contributed by atoms with Crippen molar-refractivity contribution in [3.05, 3.63) is 11.4 Å². The Balaban J connectivity index is 1.99. The number of rotatable bonds is 5. The number of anilines is 1. The number of morpholine rings is 1. The fraction of sp³-hybridized carbons (Fsp3) is 0.615. The molecule has 1 aliphatic rings. The summed E-state index contributed by atoms with van der Waals surface area (Å²) in [7, 11) is 0. The van der Waals surface area contributed by atoms with Crippen LogP contribution in [0.1, 0.15) is 17.8 Å². The number of amides is 1. The van der Waals surface area contributed by atoms with Crippen molar-refractivity contribution in [2.75, 3.05) is 25.1 Å². The highest BCUT2D eigenvalue weighted by molar-refractivity contribution is 5.92. The van der Waals surface area contributed by atoms with Gasteiger partial charge in [-0.25, -0.2) is 0 Å². The summed E-state index contributed by atoms with van der Waals surface area (Å²) in [6.45, 7) is 5.18. The van der Waals surface area contributed by atoms with Gasteiger partial charge in [-0.1, -0.05) is 0 Å². The Labute approximate surface area is 122 Å². The van der Waals surface area contributed by atoms with Gasteiger partial charge >= 0.3 is 5.97 Å². The molecule has 1 aliphatic heterocycles. The summed E-state index contributed by atoms with van der Waals surface area (Å²) in [6, 6.07) is 0.00780. The van der Waals surface area contributed by atoms with Gasteiger partial charge in [-0.15, -0.1) is 0 Å². The Hall–Kier alpha value is -1.93. The summed E-state index contributed by atoms with van der Waals surface area (Å²) in [6.07, 6.45) is 0.309. The third kappa shape index (κ3) is 4.02. The van der Waals surface area contributed by atoms with E-state index in [9.17, 15) is 9.59 Å². The van der Waals surface area contributed by atoms with Crippen LogP contribution in [0.25, 0.3) is 0 Å². The highest BCUT2D eigenvalue weighted by Crippen LogP contribution is 2.19. The molecule has 1 amide bonds. The van der Waals surface area contributed by atoms with Crippen LogP contribution >= 0.6 is 0 Å². The van der Waals surface area contributed by atoms with Gasteiger partial charge in [0.2, 0.25) is 5.91 Å². The lowest BCUT2D eigenvalue weighted by atomic mass is 10.2. The fourth-order valence-electron chi connectivity index (χ4n) is 2.32. The number of aromatic nitrogens is 2. The minimum Gasteiger partial charge on any atom is -0.480 e. The number of hydrogen-bond donors (Lipinski definition) is 3. The van der Waals surface area contributed by atoms with Gasteiger partial charge in [0.05, 0.1) is 30.3 Å². The summed E-state index contributed by atoms with van der Waals surface area (Å²) < 4.78 is 6.67. The Kier molecular flexibility index (Phi) is 4.92. The maximum Gasteiger partial charge on any atom is 0.325 e. The maximum absolute atomic E-state index is 12.1. The van der Waals surface area contributed by atoms with Crippen molar-refractivity contribution in [3.63, 3.8) is 0 Å². The SMILES string of the molecule is Cc1nn(CC(=O)O)c(C)c1NC(=O)CC1COCCN1. The van der Waals surface area contributed by atoms with Crippen LogP contribution in [0.3, 0.4) is 0 Å². The first-order valence-electron chi connectivity index (χ1n) is 6.84. The number of carboxylic acid groups (broad SMARTS) is 1. The summed E-state index contributed by atoms with van der Waals surface area (Å²) in [5.41, 5.74) is 1.82. The number of aliphatic carboxylic acids is 1. The molecule has 21 heavy (non-hydrogen) atoms. The van der Waals surface area contributed by atoms with Crippen molar-refractivity contribution in [1.82, 2.24) is 15.1 Å². The minimum atomic E-state index is -0.970. The molecule has 1 aromatic heterocycles. The second-order valence-electron chi connectivity index (χ2n) is 5.08. The van der Waals surface area contributed by atoms with E-state index in [0.717, 1.165) is 6.54 Å². The number of carboxylic acids is 1. The van der Waals surface area contributed by atoms with Gasteiger partial charge in [-0.3, -0.25) is 14.3 Å². The predicted octanol–water partition coefficient (Wildman–Crippen LogP) is -0.0985.